The summed E-state index contributed by atoms with van der Waals surface area (Å²) in [5.74, 6) is -2.32. The molecule has 1 spiro atoms. The van der Waals surface area contributed by atoms with Crippen molar-refractivity contribution in [2.24, 2.45) is 11.5 Å². The number of rotatable bonds is 6. The maximum Gasteiger partial charge on any atom is 0.411 e. The molecule has 2 fully saturated rings. The number of aromatic carboxylic acids is 1. The largest absolute Gasteiger partial charge is 0.477 e. The lowest BCUT2D eigenvalue weighted by molar-refractivity contribution is -0.627. The molecule has 0 unspecified atom stereocenters. The molecule has 1 aromatic heterocycles. The van der Waals surface area contributed by atoms with Crippen molar-refractivity contribution in [2.75, 3.05) is 25.9 Å². The number of carboxylic acids is 1. The van der Waals surface area contributed by atoms with Crippen molar-refractivity contribution in [1.29, 1.82) is 0 Å². The highest BCUT2D eigenvalue weighted by atomic mass is 32.2. The van der Waals surface area contributed by atoms with E-state index < -0.39 is 45.1 Å². The highest BCUT2D eigenvalue weighted by Gasteiger charge is 2.56. The Kier molecular flexibility index (Phi) is 5.86. The summed E-state index contributed by atoms with van der Waals surface area (Å²) in [5, 5.41) is 10.5. The van der Waals surface area contributed by atoms with Crippen LogP contribution in [0.15, 0.2) is 36.4 Å². The van der Waals surface area contributed by atoms with Crippen LogP contribution < -0.4 is 11.5 Å². The summed E-state index contributed by atoms with van der Waals surface area (Å²) in [6.45, 7) is 2.88. The molecule has 0 saturated carbocycles. The minimum absolute atomic E-state index is 0.00713. The number of carboxylic acid groups (broad SMARTS) is 1. The maximum absolute atomic E-state index is 14.8. The molecule has 3 heterocycles. The summed E-state index contributed by atoms with van der Waals surface area (Å²) in [4.78, 5) is 29.5. The molecule has 0 radical (unpaired) electrons. The number of aromatic amines is 1. The predicted molar refractivity (Wildman–Crippen MR) is 137 cm³/mol. The Balaban J connectivity index is 1.54. The summed E-state index contributed by atoms with van der Waals surface area (Å²) in [7, 11) is -3.46. The highest BCUT2D eigenvalue weighted by molar-refractivity contribution is 7.89. The van der Waals surface area contributed by atoms with Gasteiger partial charge in [0.05, 0.1) is 23.9 Å². The molecule has 38 heavy (non-hydrogen) atoms. The van der Waals surface area contributed by atoms with E-state index in [0.717, 1.165) is 12.3 Å². The number of nitrogens with zero attached hydrogens (tertiary/aromatic N) is 2. The number of benzene rings is 2. The van der Waals surface area contributed by atoms with E-state index >= 15 is 0 Å². The van der Waals surface area contributed by atoms with Crippen molar-refractivity contribution in [3.8, 4) is 11.1 Å². The summed E-state index contributed by atoms with van der Waals surface area (Å²) < 4.78 is 45.5. The molecule has 5 rings (SSSR count). The summed E-state index contributed by atoms with van der Waals surface area (Å²) >= 11 is 0. The molecule has 2 aliphatic rings. The second-order valence-corrected chi connectivity index (χ2v) is 12.1. The van der Waals surface area contributed by atoms with E-state index in [2.05, 4.69) is 4.98 Å². The molecule has 2 aromatic carbocycles. The van der Waals surface area contributed by atoms with E-state index in [9.17, 15) is 27.5 Å². The van der Waals surface area contributed by atoms with Gasteiger partial charge in [0, 0.05) is 22.8 Å². The second kappa shape index (κ2) is 8.72. The van der Waals surface area contributed by atoms with Gasteiger partial charge in [0.25, 0.3) is 0 Å². The van der Waals surface area contributed by atoms with Gasteiger partial charge in [0.1, 0.15) is 24.6 Å². The van der Waals surface area contributed by atoms with Crippen molar-refractivity contribution in [3.05, 3.63) is 59.0 Å². The number of aromatic nitrogens is 1. The zero-order chi connectivity index (χ0) is 27.6. The number of nitrogens with two attached hydrogens (primary N) is 2. The van der Waals surface area contributed by atoms with E-state index in [0.29, 0.717) is 36.1 Å². The Morgan fingerprint density at radius 2 is 2.00 bits per heavy atom. The van der Waals surface area contributed by atoms with Crippen LogP contribution >= 0.6 is 0 Å². The molecule has 6 N–H and O–H groups in total. The fourth-order valence-corrected chi connectivity index (χ4v) is 6.06. The van der Waals surface area contributed by atoms with Gasteiger partial charge in [-0.1, -0.05) is 30.3 Å². The van der Waals surface area contributed by atoms with Gasteiger partial charge in [-0.2, -0.15) is 0 Å². The van der Waals surface area contributed by atoms with Crippen LogP contribution in [0.4, 0.5) is 9.18 Å². The molecular weight excluding hydrogens is 517 g/mol. The van der Waals surface area contributed by atoms with Gasteiger partial charge in [0.2, 0.25) is 0 Å². The normalized spacial score (nSPS) is 20.0. The fourth-order valence-electron chi connectivity index (χ4n) is 5.26. The third-order valence-electron chi connectivity index (χ3n) is 7.08. The van der Waals surface area contributed by atoms with E-state index in [1.54, 1.807) is 27.7 Å². The van der Waals surface area contributed by atoms with E-state index in [-0.39, 0.29) is 28.3 Å². The van der Waals surface area contributed by atoms with Crippen molar-refractivity contribution in [2.45, 2.75) is 24.3 Å². The molecule has 2 aliphatic heterocycles. The molecule has 1 amide bonds. The highest BCUT2D eigenvalue weighted by Crippen LogP contribution is 2.40. The minimum atomic E-state index is -3.46. The number of para-hydroxylation sites is 1. The van der Waals surface area contributed by atoms with Crippen LogP contribution in [0.1, 0.15) is 34.6 Å². The number of amides is 1. The van der Waals surface area contributed by atoms with Crippen LogP contribution in [0, 0.1) is 5.82 Å². The lowest BCUT2D eigenvalue weighted by Gasteiger charge is -2.37. The van der Waals surface area contributed by atoms with Gasteiger partial charge in [-0.05, 0) is 24.1 Å². The van der Waals surface area contributed by atoms with Gasteiger partial charge in [-0.15, -0.1) is 0 Å². The molecule has 2 saturated heterocycles. The van der Waals surface area contributed by atoms with Gasteiger partial charge < -0.3 is 14.8 Å². The first kappa shape index (κ1) is 25.5. The number of guanidine groups is 1. The molecule has 0 bridgehead atoms. The Hall–Kier alpha value is -4.13. The summed E-state index contributed by atoms with van der Waals surface area (Å²) in [6, 6.07) is 8.72. The topological polar surface area (TPSA) is 172 Å². The monoisotopic (exact) mass is 544 g/mol. The summed E-state index contributed by atoms with van der Waals surface area (Å²) in [5.41, 5.74) is 12.0. The number of halogens is 1. The molecule has 13 heteroatoms. The first-order valence-corrected chi connectivity index (χ1v) is 13.8. The van der Waals surface area contributed by atoms with Crippen LogP contribution in [0.5, 0.6) is 0 Å². The van der Waals surface area contributed by atoms with Gasteiger partial charge in [-0.25, -0.2) is 22.4 Å². The molecule has 3 aromatic rings. The Labute approximate surface area is 217 Å². The average Bonchev–Trinajstić information content (AvgIpc) is 3.36. The maximum atomic E-state index is 14.8. The first-order chi connectivity index (χ1) is 17.8. The molecule has 11 nitrogen and oxygen atoms in total. The van der Waals surface area contributed by atoms with E-state index in [1.165, 1.54) is 12.1 Å². The predicted octanol–water partition coefficient (Wildman–Crippen LogP) is 1.77. The standard InChI is InChI=1S/C25H26FN5O6S/c1-13(31-12-25(37-24(31)34)10-30(11-25)23(27)28)16-4-3-5-17-19(21(22(32)33)29-20(16)17)14-6-7-15(18(26)8-14)9-38(2,35)36/h3-8,13,29H,9-12H2,1-2H3,(H4,27,28,32,33)/p+1/t13-/m0/s1. The van der Waals surface area contributed by atoms with Gasteiger partial charge in [0.15, 0.2) is 15.4 Å². The molecule has 0 aliphatic carbocycles. The molecule has 1 atom stereocenters. The number of sulfone groups is 1. The van der Waals surface area contributed by atoms with Crippen LogP contribution in [-0.4, -0.2) is 77.5 Å². The van der Waals surface area contributed by atoms with Crippen molar-refractivity contribution in [1.82, 2.24) is 9.88 Å². The number of hydrogen-bond acceptors (Lipinski definition) is 5. The third-order valence-corrected chi connectivity index (χ3v) is 7.91. The zero-order valence-corrected chi connectivity index (χ0v) is 21.5. The second-order valence-electron chi connectivity index (χ2n) is 9.96. The van der Waals surface area contributed by atoms with Gasteiger partial charge >= 0.3 is 18.0 Å². The molecule has 200 valence electrons. The number of hydrogen-bond donors (Lipinski definition) is 4. The third kappa shape index (κ3) is 4.32. The Morgan fingerprint density at radius 3 is 2.61 bits per heavy atom. The Morgan fingerprint density at radius 1 is 1.29 bits per heavy atom. The lowest BCUT2D eigenvalue weighted by atomic mass is 9.94. The number of fused-ring (bicyclic) bond motifs is 1. The number of carbonyl (C=O) groups is 2. The van der Waals surface area contributed by atoms with Crippen LogP contribution in [0.25, 0.3) is 22.0 Å². The zero-order valence-electron chi connectivity index (χ0n) is 20.7. The number of H-pyrrole nitrogens is 1. The smallest absolute Gasteiger partial charge is 0.411 e. The van der Waals surface area contributed by atoms with Crippen LogP contribution in [0.2, 0.25) is 0 Å². The number of carbonyl (C=O) groups excluding carboxylic acids is 1. The minimum Gasteiger partial charge on any atom is -0.477 e. The van der Waals surface area contributed by atoms with E-state index in [4.69, 9.17) is 16.2 Å². The van der Waals surface area contributed by atoms with Crippen molar-refractivity contribution < 1.29 is 36.8 Å². The van der Waals surface area contributed by atoms with Gasteiger partial charge in [-0.3, -0.25) is 20.9 Å². The SMILES string of the molecule is C[C@@H](c1cccc2c(-c3ccc(CS(C)(=O)=O)c(F)c3)c(C(=O)O)[nH]c12)N1CC2(C[N+](=C(N)N)C2)OC1=O. The van der Waals surface area contributed by atoms with Crippen molar-refractivity contribution >= 4 is 38.8 Å². The van der Waals surface area contributed by atoms with Crippen LogP contribution in [0.3, 0.4) is 0 Å². The lowest BCUT2D eigenvalue weighted by Crippen LogP contribution is -2.63. The first-order valence-electron chi connectivity index (χ1n) is 11.8. The number of nitrogens with one attached hydrogen (secondary N) is 1. The average molecular weight is 545 g/mol. The van der Waals surface area contributed by atoms with Crippen LogP contribution in [-0.2, 0) is 20.3 Å². The van der Waals surface area contributed by atoms with Crippen molar-refractivity contribution in [3.63, 3.8) is 0 Å². The summed E-state index contributed by atoms with van der Waals surface area (Å²) in [6.07, 6.45) is 0.509. The Bertz CT molecular complexity index is 1640. The fraction of sp³-hybridized carbons (Fsp3) is 0.320. The number of ether oxygens (including phenoxy) is 1. The quantitative estimate of drug-likeness (QED) is 0.268. The molecular formula is C25H27FN5O6S+. The van der Waals surface area contributed by atoms with E-state index in [1.807, 2.05) is 6.92 Å².